The summed E-state index contributed by atoms with van der Waals surface area (Å²) in [6, 6.07) is 8.32. The molecule has 1 N–H and O–H groups in total. The molecular formula is C15H9ClFNO4. The fourth-order valence-electron chi connectivity index (χ4n) is 1.97. The van der Waals surface area contributed by atoms with Crippen molar-refractivity contribution in [2.75, 3.05) is 11.9 Å². The van der Waals surface area contributed by atoms with Crippen LogP contribution >= 0.6 is 11.6 Å². The number of amides is 1. The summed E-state index contributed by atoms with van der Waals surface area (Å²) in [6.07, 6.45) is 0. The molecule has 0 aliphatic carbocycles. The van der Waals surface area contributed by atoms with Gasteiger partial charge in [0.25, 0.3) is 5.91 Å². The maximum Gasteiger partial charge on any atom is 0.348 e. The second kappa shape index (κ2) is 5.65. The highest BCUT2D eigenvalue weighted by Gasteiger charge is 2.20. The molecule has 2 aromatic rings. The number of hydrogen-bond acceptors (Lipinski definition) is 4. The van der Waals surface area contributed by atoms with Crippen molar-refractivity contribution < 1.29 is 23.5 Å². The van der Waals surface area contributed by atoms with Gasteiger partial charge in [-0.1, -0.05) is 17.7 Å². The van der Waals surface area contributed by atoms with E-state index in [2.05, 4.69) is 5.32 Å². The lowest BCUT2D eigenvalue weighted by molar-refractivity contribution is -0.118. The van der Waals surface area contributed by atoms with E-state index in [4.69, 9.17) is 21.1 Å². The normalized spacial score (nSPS) is 12.9. The number of anilines is 1. The Balaban J connectivity index is 1.85. The van der Waals surface area contributed by atoms with Gasteiger partial charge >= 0.3 is 5.97 Å². The van der Waals surface area contributed by atoms with Crippen LogP contribution in [-0.4, -0.2) is 18.5 Å². The third kappa shape index (κ3) is 2.73. The fraction of sp³-hybridized carbons (Fsp3) is 0.0667. The van der Waals surface area contributed by atoms with Crippen LogP contribution in [0.4, 0.5) is 10.1 Å². The number of benzene rings is 2. The maximum absolute atomic E-state index is 13.7. The molecule has 0 atom stereocenters. The molecule has 1 aliphatic heterocycles. The minimum Gasteiger partial charge on any atom is -0.481 e. The van der Waals surface area contributed by atoms with E-state index in [1.54, 1.807) is 0 Å². The first-order valence-corrected chi connectivity index (χ1v) is 6.65. The second-order valence-corrected chi connectivity index (χ2v) is 4.89. The lowest BCUT2D eigenvalue weighted by Gasteiger charge is -2.18. The van der Waals surface area contributed by atoms with Crippen LogP contribution in [0, 0.1) is 5.82 Å². The number of ether oxygens (including phenoxy) is 2. The van der Waals surface area contributed by atoms with Crippen molar-refractivity contribution >= 4 is 29.2 Å². The van der Waals surface area contributed by atoms with Gasteiger partial charge in [-0.15, -0.1) is 0 Å². The first-order chi connectivity index (χ1) is 10.5. The number of carbonyl (C=O) groups is 2. The molecule has 0 radical (unpaired) electrons. The molecule has 112 valence electrons. The van der Waals surface area contributed by atoms with Crippen molar-refractivity contribution in [1.29, 1.82) is 0 Å². The van der Waals surface area contributed by atoms with Crippen LogP contribution in [0.3, 0.4) is 0 Å². The molecule has 0 aromatic heterocycles. The predicted molar refractivity (Wildman–Crippen MR) is 76.9 cm³/mol. The predicted octanol–water partition coefficient (Wildman–Crippen LogP) is 3.03. The summed E-state index contributed by atoms with van der Waals surface area (Å²) in [4.78, 5) is 23.2. The topological polar surface area (TPSA) is 64.6 Å². The molecule has 0 bridgehead atoms. The Morgan fingerprint density at radius 1 is 1.32 bits per heavy atom. The van der Waals surface area contributed by atoms with E-state index >= 15 is 0 Å². The number of esters is 1. The molecule has 0 fully saturated rings. The van der Waals surface area contributed by atoms with E-state index in [0.29, 0.717) is 11.4 Å². The molecule has 1 amide bonds. The Morgan fingerprint density at radius 3 is 2.91 bits per heavy atom. The van der Waals surface area contributed by atoms with E-state index in [1.165, 1.54) is 30.3 Å². The minimum absolute atomic E-state index is 0.0357. The summed E-state index contributed by atoms with van der Waals surface area (Å²) < 4.78 is 24.0. The Labute approximate surface area is 129 Å². The van der Waals surface area contributed by atoms with Crippen LogP contribution in [0.25, 0.3) is 0 Å². The summed E-state index contributed by atoms with van der Waals surface area (Å²) in [5, 5.41) is 2.57. The van der Waals surface area contributed by atoms with Crippen molar-refractivity contribution in [2.45, 2.75) is 0 Å². The smallest absolute Gasteiger partial charge is 0.348 e. The lowest BCUT2D eigenvalue weighted by Crippen LogP contribution is -2.25. The summed E-state index contributed by atoms with van der Waals surface area (Å²) in [5.41, 5.74) is 0.135. The highest BCUT2D eigenvalue weighted by Crippen LogP contribution is 2.32. The van der Waals surface area contributed by atoms with Crippen LogP contribution in [0.2, 0.25) is 5.02 Å². The van der Waals surface area contributed by atoms with Crippen LogP contribution in [-0.2, 0) is 4.79 Å². The average molecular weight is 322 g/mol. The fourth-order valence-corrected chi connectivity index (χ4v) is 2.21. The van der Waals surface area contributed by atoms with Gasteiger partial charge in [0.1, 0.15) is 22.9 Å². The van der Waals surface area contributed by atoms with Gasteiger partial charge in [0.2, 0.25) is 0 Å². The van der Waals surface area contributed by atoms with Crippen LogP contribution in [0.15, 0.2) is 36.4 Å². The van der Waals surface area contributed by atoms with Gasteiger partial charge in [0.05, 0.1) is 10.7 Å². The van der Waals surface area contributed by atoms with Crippen LogP contribution in [0.5, 0.6) is 11.5 Å². The van der Waals surface area contributed by atoms with Crippen LogP contribution < -0.4 is 14.8 Å². The Bertz CT molecular complexity index is 758. The molecule has 22 heavy (non-hydrogen) atoms. The largest absolute Gasteiger partial charge is 0.481 e. The molecule has 0 saturated carbocycles. The summed E-state index contributed by atoms with van der Waals surface area (Å²) in [6.45, 7) is -0.121. The second-order valence-electron chi connectivity index (χ2n) is 4.48. The zero-order valence-corrected chi connectivity index (χ0v) is 11.8. The summed E-state index contributed by atoms with van der Waals surface area (Å²) in [7, 11) is 0. The van der Waals surface area contributed by atoms with Gasteiger partial charge in [-0.25, -0.2) is 9.18 Å². The van der Waals surface area contributed by atoms with Crippen molar-refractivity contribution in [1.82, 2.24) is 0 Å². The highest BCUT2D eigenvalue weighted by molar-refractivity contribution is 6.33. The van der Waals surface area contributed by atoms with Gasteiger partial charge in [-0.05, 0) is 24.3 Å². The van der Waals surface area contributed by atoms with Gasteiger partial charge < -0.3 is 14.8 Å². The molecule has 3 rings (SSSR count). The number of halogens is 2. The Hall–Kier alpha value is -2.60. The van der Waals surface area contributed by atoms with Crippen LogP contribution in [0.1, 0.15) is 10.4 Å². The van der Waals surface area contributed by atoms with E-state index in [0.717, 1.165) is 6.07 Å². The number of carbonyl (C=O) groups excluding carboxylic acids is 2. The quantitative estimate of drug-likeness (QED) is 0.682. The first-order valence-electron chi connectivity index (χ1n) is 6.27. The van der Waals surface area contributed by atoms with Crippen molar-refractivity contribution in [3.63, 3.8) is 0 Å². The molecule has 2 aromatic carbocycles. The van der Waals surface area contributed by atoms with Gasteiger partial charge in [-0.2, -0.15) is 0 Å². The zero-order chi connectivity index (χ0) is 15.7. The van der Waals surface area contributed by atoms with E-state index in [-0.39, 0.29) is 28.8 Å². The number of hydrogen-bond donors (Lipinski definition) is 1. The molecular weight excluding hydrogens is 313 g/mol. The van der Waals surface area contributed by atoms with Crippen molar-refractivity contribution in [2.24, 2.45) is 0 Å². The molecule has 0 spiro atoms. The van der Waals surface area contributed by atoms with E-state index in [9.17, 15) is 14.0 Å². The minimum atomic E-state index is -0.914. The molecule has 0 saturated heterocycles. The van der Waals surface area contributed by atoms with E-state index in [1.807, 2.05) is 0 Å². The number of rotatable bonds is 2. The molecule has 5 nitrogen and oxygen atoms in total. The summed E-state index contributed by atoms with van der Waals surface area (Å²) >= 11 is 5.81. The zero-order valence-electron chi connectivity index (χ0n) is 11.1. The van der Waals surface area contributed by atoms with Gasteiger partial charge in [0.15, 0.2) is 6.61 Å². The van der Waals surface area contributed by atoms with Gasteiger partial charge in [-0.3, -0.25) is 4.79 Å². The lowest BCUT2D eigenvalue weighted by atomic mass is 10.2. The highest BCUT2D eigenvalue weighted by atomic mass is 35.5. The SMILES string of the molecule is O=C1COc2cc(OC(=O)c3c(F)cccc3Cl)ccc2N1. The number of fused-ring (bicyclic) bond motifs is 1. The summed E-state index contributed by atoms with van der Waals surface area (Å²) in [5.74, 6) is -1.43. The molecule has 1 heterocycles. The van der Waals surface area contributed by atoms with Crippen molar-refractivity contribution in [3.05, 3.63) is 52.8 Å². The Kier molecular flexibility index (Phi) is 3.68. The maximum atomic E-state index is 13.7. The van der Waals surface area contributed by atoms with E-state index < -0.39 is 11.8 Å². The third-order valence-corrected chi connectivity index (χ3v) is 3.28. The molecule has 7 heteroatoms. The van der Waals surface area contributed by atoms with Crippen molar-refractivity contribution in [3.8, 4) is 11.5 Å². The molecule has 1 aliphatic rings. The van der Waals surface area contributed by atoms with Gasteiger partial charge in [0, 0.05) is 6.07 Å². The molecule has 0 unspecified atom stereocenters. The number of nitrogens with one attached hydrogen (secondary N) is 1. The average Bonchev–Trinajstić information content (AvgIpc) is 2.47. The monoisotopic (exact) mass is 321 g/mol. The first kappa shape index (κ1) is 14.3. The Morgan fingerprint density at radius 2 is 2.14 bits per heavy atom. The standard InChI is InChI=1S/C15H9ClFNO4/c16-9-2-1-3-10(17)14(9)15(20)22-8-4-5-11-12(6-8)21-7-13(19)18-11/h1-6H,7H2,(H,18,19). The third-order valence-electron chi connectivity index (χ3n) is 2.96.